The van der Waals surface area contributed by atoms with Crippen LogP contribution in [0.1, 0.15) is 61.8 Å². The van der Waals surface area contributed by atoms with Gasteiger partial charge in [-0.05, 0) is 67.3 Å². The molecule has 0 aliphatic carbocycles. The van der Waals surface area contributed by atoms with Gasteiger partial charge < -0.3 is 25.0 Å². The summed E-state index contributed by atoms with van der Waals surface area (Å²) in [5.74, 6) is -3.46. The fourth-order valence-electron chi connectivity index (χ4n) is 4.88. The van der Waals surface area contributed by atoms with Crippen molar-refractivity contribution in [2.45, 2.75) is 59.9 Å². The molecule has 1 aliphatic heterocycles. The van der Waals surface area contributed by atoms with Gasteiger partial charge in [-0.15, -0.1) is 0 Å². The average Bonchev–Trinajstić information content (AvgIpc) is 3.45. The van der Waals surface area contributed by atoms with Crippen LogP contribution in [0.5, 0.6) is 0 Å². The van der Waals surface area contributed by atoms with Gasteiger partial charge in [0.25, 0.3) is 5.91 Å². The van der Waals surface area contributed by atoms with E-state index in [9.17, 15) is 23.2 Å². The van der Waals surface area contributed by atoms with Gasteiger partial charge in [-0.2, -0.15) is 0 Å². The highest BCUT2D eigenvalue weighted by atomic mass is 19.2. The highest BCUT2D eigenvalue weighted by Gasteiger charge is 2.27. The Balaban J connectivity index is 0.00000235. The van der Waals surface area contributed by atoms with Crippen molar-refractivity contribution in [3.05, 3.63) is 88.6 Å². The molecule has 10 nitrogen and oxygen atoms in total. The molecule has 0 bridgehead atoms. The summed E-state index contributed by atoms with van der Waals surface area (Å²) in [6.07, 6.45) is -0.717. The molecule has 0 unspecified atom stereocenters. The Morgan fingerprint density at radius 3 is 2.22 bits per heavy atom. The van der Waals surface area contributed by atoms with E-state index in [4.69, 9.17) is 15.2 Å². The number of likely N-dealkylation sites (N-methyl/N-ethyl adjacent to an activating group) is 1. The Kier molecular flexibility index (Phi) is 10.2. The first-order valence-corrected chi connectivity index (χ1v) is 14.8. The molecule has 4 aromatic rings. The standard InChI is InChI=1S/C32H31F2N5O5.C2H6/c1-32(2,3)44-31(42)38(4)16-27(40)43-17-21-12-24(33)25(34)13-22(21)18-9-10-26-23(11-18)28(37-30(35)36-26)29(41)39-14-19-7-5-6-8-20(19)15-39;1-2/h5-13H,14-17H2,1-4H3,(H2,35,36,37);1-2H3. The number of rotatable bonds is 6. The summed E-state index contributed by atoms with van der Waals surface area (Å²) >= 11 is 0. The first kappa shape index (κ1) is 33.8. The van der Waals surface area contributed by atoms with Crippen LogP contribution in [0.15, 0.2) is 54.6 Å². The number of halogens is 2. The quantitative estimate of drug-likeness (QED) is 0.247. The molecule has 0 spiro atoms. The molecule has 2 heterocycles. The van der Waals surface area contributed by atoms with Gasteiger partial charge in [-0.25, -0.2) is 23.5 Å². The van der Waals surface area contributed by atoms with Crippen molar-refractivity contribution in [3.8, 4) is 11.1 Å². The zero-order chi connectivity index (χ0) is 33.8. The minimum atomic E-state index is -1.13. The van der Waals surface area contributed by atoms with Crippen molar-refractivity contribution in [2.75, 3.05) is 19.3 Å². The van der Waals surface area contributed by atoms with E-state index in [1.165, 1.54) is 7.05 Å². The van der Waals surface area contributed by atoms with Gasteiger partial charge in [0, 0.05) is 31.1 Å². The third-order valence-electron chi connectivity index (χ3n) is 6.96. The number of benzene rings is 3. The van der Waals surface area contributed by atoms with Crippen LogP contribution in [-0.4, -0.2) is 56.9 Å². The van der Waals surface area contributed by atoms with E-state index >= 15 is 0 Å². The molecule has 2 amide bonds. The van der Waals surface area contributed by atoms with Crippen LogP contribution in [-0.2, 0) is 34.0 Å². The highest BCUT2D eigenvalue weighted by molar-refractivity contribution is 6.06. The largest absolute Gasteiger partial charge is 0.459 e. The van der Waals surface area contributed by atoms with Gasteiger partial charge in [-0.3, -0.25) is 9.59 Å². The first-order valence-electron chi connectivity index (χ1n) is 14.8. The van der Waals surface area contributed by atoms with Crippen LogP contribution in [0, 0.1) is 11.6 Å². The third-order valence-corrected chi connectivity index (χ3v) is 6.96. The Hall–Kier alpha value is -5.13. The SMILES string of the molecule is CC.CN(CC(=O)OCc1cc(F)c(F)cc1-c1ccc2nc(N)nc(C(=O)N3Cc4ccccc4C3)c2c1)C(=O)OC(C)(C)C. The van der Waals surface area contributed by atoms with E-state index in [2.05, 4.69) is 9.97 Å². The van der Waals surface area contributed by atoms with Crippen molar-refractivity contribution >= 4 is 34.8 Å². The lowest BCUT2D eigenvalue weighted by atomic mass is 9.97. The summed E-state index contributed by atoms with van der Waals surface area (Å²) in [6.45, 7) is 9.06. The summed E-state index contributed by atoms with van der Waals surface area (Å²) in [5.41, 5.74) is 8.51. The summed E-state index contributed by atoms with van der Waals surface area (Å²) in [4.78, 5) is 49.6. The maximum absolute atomic E-state index is 14.5. The second-order valence-corrected chi connectivity index (χ2v) is 11.5. The number of anilines is 1. The molecule has 242 valence electrons. The number of aromatic nitrogens is 2. The van der Waals surface area contributed by atoms with E-state index in [0.717, 1.165) is 28.2 Å². The Morgan fingerprint density at radius 2 is 1.59 bits per heavy atom. The average molecular weight is 634 g/mol. The zero-order valence-electron chi connectivity index (χ0n) is 26.7. The number of esters is 1. The van der Waals surface area contributed by atoms with Gasteiger partial charge in [0.1, 0.15) is 24.4 Å². The van der Waals surface area contributed by atoms with Gasteiger partial charge in [0.2, 0.25) is 5.95 Å². The monoisotopic (exact) mass is 633 g/mol. The number of nitrogens with zero attached hydrogens (tertiary/aromatic N) is 4. The van der Waals surface area contributed by atoms with Crippen LogP contribution >= 0.6 is 0 Å². The minimum Gasteiger partial charge on any atom is -0.459 e. The molecule has 2 N–H and O–H groups in total. The number of hydrogen-bond acceptors (Lipinski definition) is 8. The van der Waals surface area contributed by atoms with Crippen LogP contribution in [0.4, 0.5) is 19.5 Å². The Morgan fingerprint density at radius 1 is 0.957 bits per heavy atom. The maximum Gasteiger partial charge on any atom is 0.410 e. The number of carbonyl (C=O) groups is 3. The molecule has 46 heavy (non-hydrogen) atoms. The molecule has 1 aromatic heterocycles. The molecule has 1 aliphatic rings. The topological polar surface area (TPSA) is 128 Å². The molecular formula is C34H37F2N5O5. The summed E-state index contributed by atoms with van der Waals surface area (Å²) in [6, 6.07) is 14.5. The zero-order valence-corrected chi connectivity index (χ0v) is 26.7. The second-order valence-electron chi connectivity index (χ2n) is 11.5. The number of hydrogen-bond donors (Lipinski definition) is 1. The minimum absolute atomic E-state index is 0.0721. The van der Waals surface area contributed by atoms with Gasteiger partial charge >= 0.3 is 12.1 Å². The van der Waals surface area contributed by atoms with Gasteiger partial charge in [-0.1, -0.05) is 44.2 Å². The van der Waals surface area contributed by atoms with E-state index < -0.39 is 42.4 Å². The molecular weight excluding hydrogens is 596 g/mol. The number of fused-ring (bicyclic) bond motifs is 2. The summed E-state index contributed by atoms with van der Waals surface area (Å²) in [7, 11) is 1.38. The van der Waals surface area contributed by atoms with Crippen molar-refractivity contribution in [1.82, 2.24) is 19.8 Å². The van der Waals surface area contributed by atoms with Gasteiger partial charge in [0.05, 0.1) is 5.52 Å². The molecule has 0 atom stereocenters. The third kappa shape index (κ3) is 7.74. The number of carbonyl (C=O) groups excluding carboxylic acids is 3. The van der Waals surface area contributed by atoms with E-state index in [1.807, 2.05) is 38.1 Å². The predicted molar refractivity (Wildman–Crippen MR) is 169 cm³/mol. The van der Waals surface area contributed by atoms with Crippen LogP contribution in [0.2, 0.25) is 0 Å². The number of ether oxygens (including phenoxy) is 2. The summed E-state index contributed by atoms with van der Waals surface area (Å²) < 4.78 is 39.4. The highest BCUT2D eigenvalue weighted by Crippen LogP contribution is 2.32. The van der Waals surface area contributed by atoms with Crippen LogP contribution in [0.25, 0.3) is 22.0 Å². The predicted octanol–water partition coefficient (Wildman–Crippen LogP) is 6.25. The van der Waals surface area contributed by atoms with E-state index in [1.54, 1.807) is 43.9 Å². The van der Waals surface area contributed by atoms with Crippen molar-refractivity contribution < 1.29 is 32.6 Å². The van der Waals surface area contributed by atoms with E-state index in [0.29, 0.717) is 29.6 Å². The maximum atomic E-state index is 14.5. The lowest BCUT2D eigenvalue weighted by Crippen LogP contribution is -2.37. The molecule has 0 saturated heterocycles. The fourth-order valence-corrected chi connectivity index (χ4v) is 4.88. The Bertz CT molecular complexity index is 1770. The molecule has 3 aromatic carbocycles. The Labute approximate surface area is 266 Å². The van der Waals surface area contributed by atoms with Crippen molar-refractivity contribution in [3.63, 3.8) is 0 Å². The number of nitrogen functional groups attached to an aromatic ring is 1. The van der Waals surface area contributed by atoms with Crippen molar-refractivity contribution in [2.24, 2.45) is 0 Å². The lowest BCUT2D eigenvalue weighted by molar-refractivity contribution is -0.145. The normalized spacial score (nSPS) is 12.2. The fraction of sp³-hybridized carbons (Fsp3) is 0.324. The number of amides is 2. The molecule has 5 rings (SSSR count). The lowest BCUT2D eigenvalue weighted by Gasteiger charge is -2.24. The van der Waals surface area contributed by atoms with Crippen LogP contribution < -0.4 is 5.73 Å². The second kappa shape index (κ2) is 13.9. The number of nitrogens with two attached hydrogens (primary N) is 1. The van der Waals surface area contributed by atoms with Crippen molar-refractivity contribution in [1.29, 1.82) is 0 Å². The van der Waals surface area contributed by atoms with Crippen LogP contribution in [0.3, 0.4) is 0 Å². The van der Waals surface area contributed by atoms with Gasteiger partial charge in [0.15, 0.2) is 11.6 Å². The molecule has 0 radical (unpaired) electrons. The smallest absolute Gasteiger partial charge is 0.410 e. The molecule has 0 saturated carbocycles. The summed E-state index contributed by atoms with van der Waals surface area (Å²) in [5, 5.41) is 0.365. The molecule has 0 fully saturated rings. The van der Waals surface area contributed by atoms with E-state index in [-0.39, 0.29) is 28.7 Å². The first-order chi connectivity index (χ1) is 21.8. The molecule has 12 heteroatoms.